The SMILES string of the molecule is CCC(C)C(NC(=O)C(N)CCC(N)=O)C(=O)NC(CC(C)C)C(=O)NC(Cc1cnc[nH]1)C(=O)O. The number of carboxylic acids is 1. The number of aliphatic carboxylic acids is 1. The number of amides is 4. The predicted octanol–water partition coefficient (Wildman–Crippen LogP) is -0.824. The molecular weight excluding hydrogens is 470 g/mol. The van der Waals surface area contributed by atoms with Gasteiger partial charge in [-0.3, -0.25) is 19.2 Å². The molecule has 0 aromatic carbocycles. The smallest absolute Gasteiger partial charge is 0.326 e. The number of rotatable bonds is 16. The van der Waals surface area contributed by atoms with E-state index in [2.05, 4.69) is 25.9 Å². The highest BCUT2D eigenvalue weighted by atomic mass is 16.4. The van der Waals surface area contributed by atoms with Crippen LogP contribution in [0.25, 0.3) is 0 Å². The van der Waals surface area contributed by atoms with E-state index in [9.17, 15) is 29.1 Å². The molecule has 0 spiro atoms. The van der Waals surface area contributed by atoms with Gasteiger partial charge in [0.05, 0.1) is 12.4 Å². The molecule has 0 aliphatic carbocycles. The summed E-state index contributed by atoms with van der Waals surface area (Å²) in [6.07, 6.45) is 3.59. The molecule has 0 aliphatic rings. The number of primary amides is 1. The molecule has 0 fully saturated rings. The lowest BCUT2D eigenvalue weighted by molar-refractivity contribution is -0.142. The fraction of sp³-hybridized carbons (Fsp3) is 0.652. The van der Waals surface area contributed by atoms with Crippen molar-refractivity contribution in [3.63, 3.8) is 0 Å². The molecule has 0 aliphatic heterocycles. The molecule has 202 valence electrons. The molecule has 1 rings (SSSR count). The van der Waals surface area contributed by atoms with Gasteiger partial charge in [-0.15, -0.1) is 0 Å². The number of hydrogen-bond acceptors (Lipinski definition) is 7. The van der Waals surface area contributed by atoms with Gasteiger partial charge in [-0.2, -0.15) is 0 Å². The number of aromatic nitrogens is 2. The summed E-state index contributed by atoms with van der Waals surface area (Å²) in [6.45, 7) is 7.33. The van der Waals surface area contributed by atoms with Crippen molar-refractivity contribution in [2.75, 3.05) is 0 Å². The molecule has 9 N–H and O–H groups in total. The Morgan fingerprint density at radius 3 is 2.17 bits per heavy atom. The Morgan fingerprint density at radius 2 is 1.67 bits per heavy atom. The number of carbonyl (C=O) groups excluding carboxylic acids is 4. The number of aromatic amines is 1. The van der Waals surface area contributed by atoms with Crippen molar-refractivity contribution in [3.05, 3.63) is 18.2 Å². The molecule has 0 saturated carbocycles. The van der Waals surface area contributed by atoms with Gasteiger partial charge >= 0.3 is 5.97 Å². The minimum atomic E-state index is -1.24. The summed E-state index contributed by atoms with van der Waals surface area (Å²) >= 11 is 0. The van der Waals surface area contributed by atoms with Crippen LogP contribution in [0.2, 0.25) is 0 Å². The number of carbonyl (C=O) groups is 5. The van der Waals surface area contributed by atoms with Crippen molar-refractivity contribution in [1.29, 1.82) is 0 Å². The van der Waals surface area contributed by atoms with Crippen molar-refractivity contribution in [2.45, 2.75) is 84.0 Å². The number of nitrogens with one attached hydrogen (secondary N) is 4. The van der Waals surface area contributed by atoms with E-state index in [1.54, 1.807) is 6.92 Å². The van der Waals surface area contributed by atoms with Gasteiger partial charge in [-0.25, -0.2) is 9.78 Å². The number of H-pyrrole nitrogens is 1. The molecule has 0 saturated heterocycles. The lowest BCUT2D eigenvalue weighted by Gasteiger charge is -2.28. The predicted molar refractivity (Wildman–Crippen MR) is 131 cm³/mol. The zero-order valence-corrected chi connectivity index (χ0v) is 21.2. The first kappa shape index (κ1) is 30.6. The van der Waals surface area contributed by atoms with Crippen molar-refractivity contribution in [3.8, 4) is 0 Å². The number of nitrogens with zero attached hydrogens (tertiary/aromatic N) is 1. The van der Waals surface area contributed by atoms with Gasteiger partial charge < -0.3 is 37.5 Å². The summed E-state index contributed by atoms with van der Waals surface area (Å²) in [4.78, 5) is 68.1. The molecule has 36 heavy (non-hydrogen) atoms. The first-order chi connectivity index (χ1) is 16.8. The second-order valence-corrected chi connectivity index (χ2v) is 9.35. The molecule has 4 amide bonds. The maximum absolute atomic E-state index is 13.2. The average molecular weight is 510 g/mol. The summed E-state index contributed by atoms with van der Waals surface area (Å²) in [5.41, 5.74) is 11.5. The molecule has 1 aromatic heterocycles. The van der Waals surface area contributed by atoms with E-state index in [1.807, 2.05) is 20.8 Å². The molecule has 1 heterocycles. The van der Waals surface area contributed by atoms with Crippen molar-refractivity contribution < 1.29 is 29.1 Å². The Bertz CT molecular complexity index is 890. The first-order valence-electron chi connectivity index (χ1n) is 12.0. The first-order valence-corrected chi connectivity index (χ1v) is 12.0. The maximum atomic E-state index is 13.2. The van der Waals surface area contributed by atoms with E-state index in [0.29, 0.717) is 12.1 Å². The summed E-state index contributed by atoms with van der Waals surface area (Å²) in [5.74, 6) is -4.00. The van der Waals surface area contributed by atoms with E-state index < -0.39 is 53.8 Å². The molecule has 0 radical (unpaired) electrons. The van der Waals surface area contributed by atoms with Gasteiger partial charge in [0.15, 0.2) is 0 Å². The second-order valence-electron chi connectivity index (χ2n) is 9.35. The minimum absolute atomic E-state index is 0.00389. The third-order valence-corrected chi connectivity index (χ3v) is 5.77. The van der Waals surface area contributed by atoms with E-state index in [4.69, 9.17) is 11.5 Å². The number of nitrogens with two attached hydrogens (primary N) is 2. The second kappa shape index (κ2) is 14.8. The molecular formula is C23H39N7O6. The fourth-order valence-corrected chi connectivity index (χ4v) is 3.44. The van der Waals surface area contributed by atoms with Gasteiger partial charge in [0.25, 0.3) is 0 Å². The summed E-state index contributed by atoms with van der Waals surface area (Å²) in [6, 6.07) is -4.30. The summed E-state index contributed by atoms with van der Waals surface area (Å²) < 4.78 is 0. The van der Waals surface area contributed by atoms with E-state index in [-0.39, 0.29) is 37.5 Å². The van der Waals surface area contributed by atoms with Crippen LogP contribution in [-0.2, 0) is 30.4 Å². The highest BCUT2D eigenvalue weighted by Gasteiger charge is 2.33. The monoisotopic (exact) mass is 509 g/mol. The Morgan fingerprint density at radius 1 is 1.03 bits per heavy atom. The highest BCUT2D eigenvalue weighted by molar-refractivity contribution is 5.94. The Labute approximate surface area is 210 Å². The number of imidazole rings is 1. The van der Waals surface area contributed by atoms with Gasteiger partial charge in [-0.1, -0.05) is 34.1 Å². The Hall–Kier alpha value is -3.48. The van der Waals surface area contributed by atoms with Crippen LogP contribution in [0.15, 0.2) is 12.5 Å². The normalized spacial score (nSPS) is 15.3. The van der Waals surface area contributed by atoms with Crippen LogP contribution in [0.1, 0.15) is 59.1 Å². The molecule has 0 bridgehead atoms. The zero-order chi connectivity index (χ0) is 27.4. The molecule has 5 atom stereocenters. The number of hydrogen-bond donors (Lipinski definition) is 7. The Balaban J connectivity index is 2.98. The van der Waals surface area contributed by atoms with E-state index in [1.165, 1.54) is 12.5 Å². The van der Waals surface area contributed by atoms with Crippen LogP contribution in [0.4, 0.5) is 0 Å². The molecule has 5 unspecified atom stereocenters. The zero-order valence-electron chi connectivity index (χ0n) is 21.2. The van der Waals surface area contributed by atoms with Crippen LogP contribution in [0.3, 0.4) is 0 Å². The third kappa shape index (κ3) is 10.4. The fourth-order valence-electron chi connectivity index (χ4n) is 3.44. The summed E-state index contributed by atoms with van der Waals surface area (Å²) in [7, 11) is 0. The average Bonchev–Trinajstić information content (AvgIpc) is 3.31. The van der Waals surface area contributed by atoms with Crippen LogP contribution in [0.5, 0.6) is 0 Å². The van der Waals surface area contributed by atoms with Crippen LogP contribution < -0.4 is 27.4 Å². The van der Waals surface area contributed by atoms with Gasteiger partial charge in [0.1, 0.15) is 18.1 Å². The lowest BCUT2D eigenvalue weighted by atomic mass is 9.96. The van der Waals surface area contributed by atoms with Gasteiger partial charge in [0, 0.05) is 24.7 Å². The van der Waals surface area contributed by atoms with Crippen LogP contribution >= 0.6 is 0 Å². The van der Waals surface area contributed by atoms with Gasteiger partial charge in [-0.05, 0) is 24.7 Å². The quantitative estimate of drug-likeness (QED) is 0.149. The highest BCUT2D eigenvalue weighted by Crippen LogP contribution is 2.12. The topological polar surface area (TPSA) is 222 Å². The van der Waals surface area contributed by atoms with E-state index in [0.717, 1.165) is 0 Å². The van der Waals surface area contributed by atoms with Crippen molar-refractivity contribution in [2.24, 2.45) is 23.3 Å². The molecule has 13 nitrogen and oxygen atoms in total. The van der Waals surface area contributed by atoms with Crippen LogP contribution in [0, 0.1) is 11.8 Å². The molecule has 13 heteroatoms. The molecule has 1 aromatic rings. The minimum Gasteiger partial charge on any atom is -0.480 e. The standard InChI is InChI=1S/C23H39N7O6/c1-5-13(4)19(30-20(32)15(24)6-7-18(25)31)22(34)28-16(8-12(2)3)21(33)29-17(23(35)36)9-14-10-26-11-27-14/h10-13,15-17,19H,5-9,24H2,1-4H3,(H2,25,31)(H,26,27)(H,28,34)(H,29,33)(H,30,32)(H,35,36). The third-order valence-electron chi connectivity index (χ3n) is 5.77. The largest absolute Gasteiger partial charge is 0.480 e. The lowest BCUT2D eigenvalue weighted by Crippen LogP contribution is -2.59. The Kier molecular flexibility index (Phi) is 12.6. The van der Waals surface area contributed by atoms with Crippen molar-refractivity contribution in [1.82, 2.24) is 25.9 Å². The van der Waals surface area contributed by atoms with Crippen molar-refractivity contribution >= 4 is 29.6 Å². The number of carboxylic acid groups (broad SMARTS) is 1. The van der Waals surface area contributed by atoms with Crippen LogP contribution in [-0.4, -0.2) is 68.8 Å². The van der Waals surface area contributed by atoms with E-state index >= 15 is 0 Å². The van der Waals surface area contributed by atoms with Gasteiger partial charge in [0.2, 0.25) is 23.6 Å². The summed E-state index contributed by atoms with van der Waals surface area (Å²) in [5, 5.41) is 17.3. The maximum Gasteiger partial charge on any atom is 0.326 e.